The van der Waals surface area contributed by atoms with Gasteiger partial charge in [-0.25, -0.2) is 0 Å². The molecule has 1 N–H and O–H groups in total. The van der Waals surface area contributed by atoms with Gasteiger partial charge in [-0.3, -0.25) is 4.79 Å². The second kappa shape index (κ2) is 6.33. The summed E-state index contributed by atoms with van der Waals surface area (Å²) in [5.74, 6) is 1.01. The van der Waals surface area contributed by atoms with Crippen molar-refractivity contribution in [2.45, 2.75) is 45.3 Å². The summed E-state index contributed by atoms with van der Waals surface area (Å²) >= 11 is 5.81. The average Bonchev–Trinajstić information content (AvgIpc) is 2.68. The molecule has 3 nitrogen and oxygen atoms in total. The summed E-state index contributed by atoms with van der Waals surface area (Å²) in [4.78, 5) is 11.7. The lowest BCUT2D eigenvalue weighted by molar-refractivity contribution is -0.130. The highest BCUT2D eigenvalue weighted by Gasteiger charge is 2.25. The first-order valence-electron chi connectivity index (χ1n) is 5.61. The maximum Gasteiger partial charge on any atom is 0.249 e. The Balaban J connectivity index is 2.33. The van der Waals surface area contributed by atoms with E-state index in [1.807, 2.05) is 0 Å². The van der Waals surface area contributed by atoms with Crippen LogP contribution in [0.4, 0.5) is 0 Å². The summed E-state index contributed by atoms with van der Waals surface area (Å²) < 4.78 is 5.31. The van der Waals surface area contributed by atoms with Crippen LogP contribution in [0.3, 0.4) is 0 Å². The summed E-state index contributed by atoms with van der Waals surface area (Å²) in [6.07, 6.45) is 2.49. The van der Waals surface area contributed by atoms with Crippen LogP contribution in [0.2, 0.25) is 0 Å². The largest absolute Gasteiger partial charge is 0.368 e. The summed E-state index contributed by atoms with van der Waals surface area (Å²) in [5.41, 5.74) is 0. The molecule has 4 heteroatoms. The Kier molecular flexibility index (Phi) is 5.40. The van der Waals surface area contributed by atoms with Crippen molar-refractivity contribution in [3.63, 3.8) is 0 Å². The second-order valence-corrected chi connectivity index (χ2v) is 4.80. The molecule has 0 aromatic heterocycles. The van der Waals surface area contributed by atoms with E-state index in [2.05, 4.69) is 19.2 Å². The van der Waals surface area contributed by atoms with Crippen LogP contribution in [-0.2, 0) is 9.53 Å². The fourth-order valence-corrected chi connectivity index (χ4v) is 2.01. The molecule has 88 valence electrons. The summed E-state index contributed by atoms with van der Waals surface area (Å²) in [6, 6.07) is 0.0726. The molecule has 0 aromatic rings. The zero-order valence-corrected chi connectivity index (χ0v) is 10.2. The Morgan fingerprint density at radius 3 is 2.80 bits per heavy atom. The van der Waals surface area contributed by atoms with Crippen molar-refractivity contribution in [1.29, 1.82) is 0 Å². The van der Waals surface area contributed by atoms with Gasteiger partial charge < -0.3 is 10.1 Å². The van der Waals surface area contributed by atoms with Crippen molar-refractivity contribution < 1.29 is 9.53 Å². The van der Waals surface area contributed by atoms with E-state index in [4.69, 9.17) is 16.3 Å². The van der Waals surface area contributed by atoms with E-state index in [9.17, 15) is 4.79 Å². The third-order valence-corrected chi connectivity index (χ3v) is 2.88. The van der Waals surface area contributed by atoms with E-state index < -0.39 is 0 Å². The van der Waals surface area contributed by atoms with Gasteiger partial charge in [0.15, 0.2) is 0 Å². The number of amides is 1. The van der Waals surface area contributed by atoms with E-state index in [1.54, 1.807) is 0 Å². The minimum absolute atomic E-state index is 0.00111. The molecule has 2 atom stereocenters. The molecule has 0 spiro atoms. The number of rotatable bonds is 5. The standard InChI is InChI=1S/C11H20ClNO2/c1-8(2)6-9(7-12)13-11(14)10-4-3-5-15-10/h8-10H,3-7H2,1-2H3,(H,13,14). The van der Waals surface area contributed by atoms with Crippen LogP contribution in [0.1, 0.15) is 33.1 Å². The lowest BCUT2D eigenvalue weighted by Gasteiger charge is -2.20. The molecule has 0 saturated carbocycles. The molecular formula is C11H20ClNO2. The number of carbonyl (C=O) groups is 1. The van der Waals surface area contributed by atoms with Gasteiger partial charge in [-0.2, -0.15) is 0 Å². The first-order valence-corrected chi connectivity index (χ1v) is 6.15. The van der Waals surface area contributed by atoms with Gasteiger partial charge in [0.2, 0.25) is 5.91 Å². The molecule has 0 bridgehead atoms. The van der Waals surface area contributed by atoms with Crippen LogP contribution < -0.4 is 5.32 Å². The normalized spacial score (nSPS) is 23.1. The van der Waals surface area contributed by atoms with E-state index >= 15 is 0 Å². The molecule has 2 unspecified atom stereocenters. The Hall–Kier alpha value is -0.280. The molecule has 1 saturated heterocycles. The molecule has 0 radical (unpaired) electrons. The van der Waals surface area contributed by atoms with Crippen LogP contribution in [0.15, 0.2) is 0 Å². The first-order chi connectivity index (χ1) is 7.13. The minimum Gasteiger partial charge on any atom is -0.368 e. The van der Waals surface area contributed by atoms with Crippen LogP contribution >= 0.6 is 11.6 Å². The van der Waals surface area contributed by atoms with Crippen LogP contribution in [0.5, 0.6) is 0 Å². The molecule has 1 rings (SSSR count). The van der Waals surface area contributed by atoms with Crippen molar-refractivity contribution in [3.8, 4) is 0 Å². The maximum absolute atomic E-state index is 11.7. The zero-order chi connectivity index (χ0) is 11.3. The number of hydrogen-bond acceptors (Lipinski definition) is 2. The monoisotopic (exact) mass is 233 g/mol. The molecule has 1 heterocycles. The lowest BCUT2D eigenvalue weighted by atomic mass is 10.0. The number of alkyl halides is 1. The van der Waals surface area contributed by atoms with Crippen LogP contribution in [0, 0.1) is 5.92 Å². The fraction of sp³-hybridized carbons (Fsp3) is 0.909. The van der Waals surface area contributed by atoms with Gasteiger partial charge in [-0.15, -0.1) is 11.6 Å². The molecular weight excluding hydrogens is 214 g/mol. The first kappa shape index (κ1) is 12.8. The predicted octanol–water partition coefficient (Wildman–Crippen LogP) is 1.94. The molecule has 1 fully saturated rings. The fourth-order valence-electron chi connectivity index (χ4n) is 1.81. The molecule has 0 aromatic carbocycles. The summed E-state index contributed by atoms with van der Waals surface area (Å²) in [5, 5.41) is 2.94. The molecule has 0 aliphatic carbocycles. The third-order valence-electron chi connectivity index (χ3n) is 2.51. The molecule has 1 amide bonds. The van der Waals surface area contributed by atoms with E-state index in [1.165, 1.54) is 0 Å². The molecule has 1 aliphatic rings. The number of halogens is 1. The van der Waals surface area contributed by atoms with E-state index in [0.29, 0.717) is 18.4 Å². The Labute approximate surface area is 96.5 Å². The topological polar surface area (TPSA) is 38.3 Å². The maximum atomic E-state index is 11.7. The van der Waals surface area contributed by atoms with E-state index in [0.717, 1.165) is 19.3 Å². The lowest BCUT2D eigenvalue weighted by Crippen LogP contribution is -2.42. The predicted molar refractivity (Wildman–Crippen MR) is 61.1 cm³/mol. The number of hydrogen-bond donors (Lipinski definition) is 1. The van der Waals surface area contributed by atoms with Gasteiger partial charge in [0.1, 0.15) is 6.10 Å². The van der Waals surface area contributed by atoms with Gasteiger partial charge in [0.25, 0.3) is 0 Å². The zero-order valence-electron chi connectivity index (χ0n) is 9.46. The van der Waals surface area contributed by atoms with Crippen LogP contribution in [-0.4, -0.2) is 30.5 Å². The average molecular weight is 234 g/mol. The highest BCUT2D eigenvalue weighted by atomic mass is 35.5. The summed E-state index contributed by atoms with van der Waals surface area (Å²) in [7, 11) is 0. The van der Waals surface area contributed by atoms with Gasteiger partial charge in [-0.1, -0.05) is 13.8 Å². The van der Waals surface area contributed by atoms with Crippen molar-refractivity contribution in [1.82, 2.24) is 5.32 Å². The van der Waals surface area contributed by atoms with Crippen molar-refractivity contribution >= 4 is 17.5 Å². The highest BCUT2D eigenvalue weighted by molar-refractivity contribution is 6.18. The minimum atomic E-state index is -0.247. The van der Waals surface area contributed by atoms with Gasteiger partial charge >= 0.3 is 0 Å². The molecule has 15 heavy (non-hydrogen) atoms. The van der Waals surface area contributed by atoms with E-state index in [-0.39, 0.29) is 18.1 Å². The Morgan fingerprint density at radius 2 is 2.33 bits per heavy atom. The van der Waals surface area contributed by atoms with Crippen molar-refractivity contribution in [2.75, 3.05) is 12.5 Å². The Morgan fingerprint density at radius 1 is 1.60 bits per heavy atom. The van der Waals surface area contributed by atoms with Gasteiger partial charge in [0, 0.05) is 18.5 Å². The summed E-state index contributed by atoms with van der Waals surface area (Å²) in [6.45, 7) is 4.95. The van der Waals surface area contributed by atoms with Crippen molar-refractivity contribution in [2.24, 2.45) is 5.92 Å². The molecule has 1 aliphatic heterocycles. The quantitative estimate of drug-likeness (QED) is 0.737. The third kappa shape index (κ3) is 4.39. The smallest absolute Gasteiger partial charge is 0.249 e. The van der Waals surface area contributed by atoms with Crippen LogP contribution in [0.25, 0.3) is 0 Å². The second-order valence-electron chi connectivity index (χ2n) is 4.49. The number of ether oxygens (including phenoxy) is 1. The number of nitrogens with one attached hydrogen (secondary N) is 1. The SMILES string of the molecule is CC(C)CC(CCl)NC(=O)C1CCCO1. The van der Waals surface area contributed by atoms with Gasteiger partial charge in [0.05, 0.1) is 0 Å². The number of carbonyl (C=O) groups excluding carboxylic acids is 1. The van der Waals surface area contributed by atoms with Crippen molar-refractivity contribution in [3.05, 3.63) is 0 Å². The highest BCUT2D eigenvalue weighted by Crippen LogP contribution is 2.13. The Bertz CT molecular complexity index is 203. The van der Waals surface area contributed by atoms with Gasteiger partial charge in [-0.05, 0) is 25.2 Å².